The lowest BCUT2D eigenvalue weighted by atomic mass is 10.2. The summed E-state index contributed by atoms with van der Waals surface area (Å²) in [5, 5.41) is 5.20. The summed E-state index contributed by atoms with van der Waals surface area (Å²) < 4.78 is 0.889. The molecule has 2 aromatic carbocycles. The Kier molecular flexibility index (Phi) is 6.35. The molecule has 0 saturated heterocycles. The summed E-state index contributed by atoms with van der Waals surface area (Å²) in [5.74, 6) is 1.82. The summed E-state index contributed by atoms with van der Waals surface area (Å²) in [7, 11) is 0. The van der Waals surface area contributed by atoms with Gasteiger partial charge >= 0.3 is 0 Å². The van der Waals surface area contributed by atoms with Crippen molar-refractivity contribution in [3.05, 3.63) is 70.2 Å². The summed E-state index contributed by atoms with van der Waals surface area (Å²) in [6.07, 6.45) is 8.36. The molecular formula is C19H15BrN2O2. The molecule has 0 radical (unpaired) electrons. The minimum Gasteiger partial charge on any atom is -0.343 e. The average Bonchev–Trinajstić information content (AvgIpc) is 2.59. The van der Waals surface area contributed by atoms with E-state index in [9.17, 15) is 9.59 Å². The van der Waals surface area contributed by atoms with Crippen molar-refractivity contribution in [3.63, 3.8) is 0 Å². The Balaban J connectivity index is 1.84. The van der Waals surface area contributed by atoms with Crippen LogP contribution in [0.15, 0.2) is 59.1 Å². The second-order valence-corrected chi connectivity index (χ2v) is 5.70. The van der Waals surface area contributed by atoms with Crippen molar-refractivity contribution >= 4 is 39.5 Å². The first kappa shape index (κ1) is 17.5. The third-order valence-corrected chi connectivity index (χ3v) is 3.78. The Hall–Kier alpha value is -2.84. The van der Waals surface area contributed by atoms with Gasteiger partial charge in [-0.1, -0.05) is 46.1 Å². The molecule has 0 aromatic heterocycles. The molecule has 0 spiro atoms. The van der Waals surface area contributed by atoms with E-state index >= 15 is 0 Å². The van der Waals surface area contributed by atoms with Gasteiger partial charge in [-0.15, -0.1) is 6.42 Å². The Bertz CT molecular complexity index is 822. The largest absolute Gasteiger partial charge is 0.343 e. The van der Waals surface area contributed by atoms with Crippen molar-refractivity contribution in [2.75, 3.05) is 11.9 Å². The number of rotatable bonds is 5. The van der Waals surface area contributed by atoms with Gasteiger partial charge < -0.3 is 10.6 Å². The van der Waals surface area contributed by atoms with Crippen LogP contribution in [0.4, 0.5) is 5.69 Å². The van der Waals surface area contributed by atoms with E-state index in [4.69, 9.17) is 6.42 Å². The maximum Gasteiger partial charge on any atom is 0.244 e. The molecule has 0 heterocycles. The number of hydrogen-bond donors (Lipinski definition) is 2. The summed E-state index contributed by atoms with van der Waals surface area (Å²) in [6, 6.07) is 14.5. The van der Waals surface area contributed by atoms with Gasteiger partial charge in [0.05, 0.1) is 6.54 Å². The molecule has 4 nitrogen and oxygen atoms in total. The minimum absolute atomic E-state index is 0.126. The number of carbonyl (C=O) groups excluding carboxylic acids is 2. The number of hydrogen-bond acceptors (Lipinski definition) is 2. The van der Waals surface area contributed by atoms with Gasteiger partial charge in [0, 0.05) is 21.8 Å². The van der Waals surface area contributed by atoms with Crippen molar-refractivity contribution in [1.29, 1.82) is 0 Å². The highest BCUT2D eigenvalue weighted by Crippen LogP contribution is 2.16. The predicted molar refractivity (Wildman–Crippen MR) is 99.2 cm³/mol. The number of nitrogens with one attached hydrogen (secondary N) is 2. The van der Waals surface area contributed by atoms with Crippen LogP contribution >= 0.6 is 15.9 Å². The molecule has 2 amide bonds. The highest BCUT2D eigenvalue weighted by molar-refractivity contribution is 9.10. The zero-order valence-electron chi connectivity index (χ0n) is 12.8. The predicted octanol–water partition coefficient (Wildman–Crippen LogP) is 3.20. The zero-order chi connectivity index (χ0) is 17.4. The number of carbonyl (C=O) groups is 2. The molecular weight excluding hydrogens is 368 g/mol. The number of benzene rings is 2. The van der Waals surface area contributed by atoms with Gasteiger partial charge in [-0.25, -0.2) is 0 Å². The lowest BCUT2D eigenvalue weighted by Crippen LogP contribution is -2.31. The fourth-order valence-corrected chi connectivity index (χ4v) is 2.31. The average molecular weight is 383 g/mol. The van der Waals surface area contributed by atoms with E-state index in [1.807, 2.05) is 24.3 Å². The van der Waals surface area contributed by atoms with Gasteiger partial charge in [0.25, 0.3) is 0 Å². The molecule has 0 aliphatic heterocycles. The van der Waals surface area contributed by atoms with Crippen LogP contribution < -0.4 is 10.6 Å². The number of terminal acetylenes is 1. The minimum atomic E-state index is -0.349. The molecule has 0 aliphatic carbocycles. The zero-order valence-corrected chi connectivity index (χ0v) is 14.3. The fraction of sp³-hybridized carbons (Fsp3) is 0.0526. The second kappa shape index (κ2) is 8.70. The van der Waals surface area contributed by atoms with Crippen LogP contribution in [0.5, 0.6) is 0 Å². The third kappa shape index (κ3) is 5.41. The van der Waals surface area contributed by atoms with E-state index in [1.54, 1.807) is 30.3 Å². The quantitative estimate of drug-likeness (QED) is 0.616. The first-order valence-corrected chi connectivity index (χ1v) is 7.95. The van der Waals surface area contributed by atoms with Gasteiger partial charge in [0.1, 0.15) is 0 Å². The van der Waals surface area contributed by atoms with E-state index in [0.29, 0.717) is 11.3 Å². The molecule has 24 heavy (non-hydrogen) atoms. The van der Waals surface area contributed by atoms with Crippen LogP contribution in [0.3, 0.4) is 0 Å². The lowest BCUT2D eigenvalue weighted by molar-refractivity contribution is -0.121. The Morgan fingerprint density at radius 3 is 2.71 bits per heavy atom. The molecule has 2 rings (SSSR count). The SMILES string of the molecule is C#Cc1cccc(NC(=O)CNC(=O)/C=C/c2ccccc2Br)c1. The number of anilines is 1. The monoisotopic (exact) mass is 382 g/mol. The molecule has 0 atom stereocenters. The topological polar surface area (TPSA) is 58.2 Å². The fourth-order valence-electron chi connectivity index (χ4n) is 1.89. The molecule has 0 unspecified atom stereocenters. The number of halogens is 1. The first-order chi connectivity index (χ1) is 11.6. The molecule has 2 N–H and O–H groups in total. The molecule has 0 fully saturated rings. The highest BCUT2D eigenvalue weighted by atomic mass is 79.9. The molecule has 0 saturated carbocycles. The Morgan fingerprint density at radius 1 is 1.17 bits per heavy atom. The van der Waals surface area contributed by atoms with Crippen molar-refractivity contribution < 1.29 is 9.59 Å². The molecule has 2 aromatic rings. The van der Waals surface area contributed by atoms with E-state index in [2.05, 4.69) is 32.5 Å². The van der Waals surface area contributed by atoms with Crippen LogP contribution in [-0.4, -0.2) is 18.4 Å². The van der Waals surface area contributed by atoms with Crippen molar-refractivity contribution in [2.24, 2.45) is 0 Å². The Morgan fingerprint density at radius 2 is 1.96 bits per heavy atom. The van der Waals surface area contributed by atoms with Gasteiger partial charge in [0.15, 0.2) is 0 Å². The maximum absolute atomic E-state index is 11.8. The van der Waals surface area contributed by atoms with Gasteiger partial charge in [-0.3, -0.25) is 9.59 Å². The van der Waals surface area contributed by atoms with Gasteiger partial charge in [0.2, 0.25) is 11.8 Å². The molecule has 0 bridgehead atoms. The van der Waals surface area contributed by atoms with Crippen LogP contribution in [0, 0.1) is 12.3 Å². The van der Waals surface area contributed by atoms with Crippen LogP contribution in [0.25, 0.3) is 6.08 Å². The molecule has 5 heteroatoms. The Labute approximate surface area is 149 Å². The van der Waals surface area contributed by atoms with E-state index in [-0.39, 0.29) is 18.4 Å². The summed E-state index contributed by atoms with van der Waals surface area (Å²) in [5.41, 5.74) is 2.14. The number of amides is 2. The van der Waals surface area contributed by atoms with E-state index < -0.39 is 0 Å². The van der Waals surface area contributed by atoms with E-state index in [0.717, 1.165) is 10.0 Å². The summed E-state index contributed by atoms with van der Waals surface area (Å²) >= 11 is 3.40. The van der Waals surface area contributed by atoms with Crippen molar-refractivity contribution in [3.8, 4) is 12.3 Å². The van der Waals surface area contributed by atoms with Crippen molar-refractivity contribution in [1.82, 2.24) is 5.32 Å². The summed E-state index contributed by atoms with van der Waals surface area (Å²) in [6.45, 7) is -0.126. The second-order valence-electron chi connectivity index (χ2n) is 4.85. The smallest absolute Gasteiger partial charge is 0.244 e. The van der Waals surface area contributed by atoms with Gasteiger partial charge in [-0.05, 0) is 35.9 Å². The maximum atomic E-state index is 11.8. The van der Waals surface area contributed by atoms with Crippen molar-refractivity contribution in [2.45, 2.75) is 0 Å². The van der Waals surface area contributed by atoms with Crippen LogP contribution in [0.2, 0.25) is 0 Å². The first-order valence-electron chi connectivity index (χ1n) is 7.15. The third-order valence-electron chi connectivity index (χ3n) is 3.06. The summed E-state index contributed by atoms with van der Waals surface area (Å²) in [4.78, 5) is 23.6. The normalized spacial score (nSPS) is 10.2. The van der Waals surface area contributed by atoms with E-state index in [1.165, 1.54) is 6.08 Å². The van der Waals surface area contributed by atoms with Gasteiger partial charge in [-0.2, -0.15) is 0 Å². The van der Waals surface area contributed by atoms with Crippen LogP contribution in [-0.2, 0) is 9.59 Å². The standard InChI is InChI=1S/C19H15BrN2O2/c1-2-14-6-5-8-16(12-14)22-19(24)13-21-18(23)11-10-15-7-3-4-9-17(15)20/h1,3-12H,13H2,(H,21,23)(H,22,24)/b11-10+. The highest BCUT2D eigenvalue weighted by Gasteiger charge is 2.04. The molecule has 0 aliphatic rings. The molecule has 120 valence electrons. The lowest BCUT2D eigenvalue weighted by Gasteiger charge is -2.06. The van der Waals surface area contributed by atoms with Crippen LogP contribution in [0.1, 0.15) is 11.1 Å².